The Labute approximate surface area is 550 Å². The minimum atomic E-state index is -2.22. The predicted molar refractivity (Wildman–Crippen MR) is 354 cm³/mol. The Morgan fingerprint density at radius 3 is 1.51 bits per heavy atom. The molecule has 25 heteroatoms. The van der Waals surface area contributed by atoms with Crippen molar-refractivity contribution in [2.75, 3.05) is 69.0 Å². The molecule has 1 saturated heterocycles. The van der Waals surface area contributed by atoms with Gasteiger partial charge >= 0.3 is 0 Å². The average molecular weight is 1300 g/mol. The van der Waals surface area contributed by atoms with Crippen LogP contribution in [0.2, 0.25) is 0 Å². The van der Waals surface area contributed by atoms with Crippen LogP contribution in [0.25, 0.3) is 0 Å². The number of allylic oxidation sites excluding steroid dienone is 2. The average Bonchev–Trinajstić information content (AvgIpc) is 0.830. The molecule has 1 heterocycles. The van der Waals surface area contributed by atoms with E-state index in [-0.39, 0.29) is 81.4 Å². The van der Waals surface area contributed by atoms with Crippen LogP contribution in [-0.2, 0) is 57.5 Å². The molecule has 1 saturated carbocycles. The number of ether oxygens (including phenoxy) is 1. The Balaban J connectivity index is 3.10. The Morgan fingerprint density at radius 1 is 0.565 bits per heavy atom. The molecule has 0 aromatic heterocycles. The first-order chi connectivity index (χ1) is 42.7. The van der Waals surface area contributed by atoms with Crippen LogP contribution in [0.1, 0.15) is 169 Å². The molecule has 6 N–H and O–H groups in total. The standard InChI is InChI=1S/C67H120N12O13/c1-25-27-28-44(15)56(81)55-60(85)71-48(26-2)62(87)73(18)37-53(80)74(19)49(33-38(3)4)59(84)72-54(42(11)12)65(90)75(20)50(34-39(5)6)58(83)69-45(16)57(82)70-46(17)61(86)76(21)51(35-40(7)8)63(88)77(22)52(36-41(9)10)64(89)79(24)67(43(13)14,66(91)78(55)23)92-32-31-68-47-29-30-47/h25,27,38-52,54-56,68,81H,26,28-37H2,1-24H3,(H,69,83)(H,70,82)(H,71,85)(H,72,84)/b27-25+/t44-,45+,46-,48+,49+,50+,51+,52+,54+,55+,56-,67+/m1/s1. The van der Waals surface area contributed by atoms with Crippen molar-refractivity contribution in [1.29, 1.82) is 0 Å². The molecule has 526 valence electrons. The molecule has 92 heavy (non-hydrogen) atoms. The first-order valence-corrected chi connectivity index (χ1v) is 33.4. The third-order valence-electron chi connectivity index (χ3n) is 17.8. The van der Waals surface area contributed by atoms with Gasteiger partial charge in [-0.3, -0.25) is 52.7 Å². The van der Waals surface area contributed by atoms with Gasteiger partial charge in [-0.25, -0.2) is 0 Å². The number of hydrogen-bond donors (Lipinski definition) is 6. The molecule has 1 aliphatic carbocycles. The van der Waals surface area contributed by atoms with E-state index in [9.17, 15) is 38.7 Å². The molecule has 2 fully saturated rings. The summed E-state index contributed by atoms with van der Waals surface area (Å²) in [5.74, 6) is -10.6. The maximum absolute atomic E-state index is 16.0. The molecule has 0 bridgehead atoms. The van der Waals surface area contributed by atoms with Gasteiger partial charge in [-0.2, -0.15) is 0 Å². The normalized spacial score (nSPS) is 27.4. The Hall–Kier alpha value is -6.21. The molecule has 0 spiro atoms. The maximum Gasteiger partial charge on any atom is 0.276 e. The van der Waals surface area contributed by atoms with E-state index in [1.165, 1.54) is 87.7 Å². The van der Waals surface area contributed by atoms with Crippen LogP contribution in [0.15, 0.2) is 12.2 Å². The van der Waals surface area contributed by atoms with E-state index in [0.717, 1.165) is 22.6 Å². The van der Waals surface area contributed by atoms with Crippen molar-refractivity contribution in [3.8, 4) is 0 Å². The zero-order valence-electron chi connectivity index (χ0n) is 60.3. The zero-order valence-corrected chi connectivity index (χ0v) is 60.3. The molecule has 25 nitrogen and oxygen atoms in total. The van der Waals surface area contributed by atoms with Gasteiger partial charge in [0, 0.05) is 67.8 Å². The third-order valence-corrected chi connectivity index (χ3v) is 17.8. The number of carbonyl (C=O) groups is 11. The minimum absolute atomic E-state index is 0.00648. The highest BCUT2D eigenvalue weighted by Gasteiger charge is 2.55. The number of aliphatic hydroxyl groups excluding tert-OH is 1. The highest BCUT2D eigenvalue weighted by atomic mass is 16.5. The summed E-state index contributed by atoms with van der Waals surface area (Å²) in [5, 5.41) is 26.8. The zero-order chi connectivity index (χ0) is 70.7. The van der Waals surface area contributed by atoms with Gasteiger partial charge in [0.25, 0.3) is 5.91 Å². The van der Waals surface area contributed by atoms with E-state index >= 15 is 19.2 Å². The van der Waals surface area contributed by atoms with Crippen LogP contribution in [0.5, 0.6) is 0 Å². The van der Waals surface area contributed by atoms with Gasteiger partial charge < -0.3 is 70.7 Å². The monoisotopic (exact) mass is 1300 g/mol. The van der Waals surface area contributed by atoms with Crippen molar-refractivity contribution in [3.63, 3.8) is 0 Å². The molecule has 12 atom stereocenters. The van der Waals surface area contributed by atoms with Crippen LogP contribution in [0, 0.1) is 41.4 Å². The van der Waals surface area contributed by atoms with Gasteiger partial charge in [-0.05, 0) is 108 Å². The number of carbonyl (C=O) groups excluding carboxylic acids is 11. The number of rotatable bonds is 20. The number of nitrogens with one attached hydrogen (secondary N) is 5. The van der Waals surface area contributed by atoms with Crippen molar-refractivity contribution >= 4 is 65.0 Å². The topological polar surface area (TPSA) is 300 Å². The molecule has 2 rings (SSSR count). The van der Waals surface area contributed by atoms with Crippen LogP contribution in [-0.4, -0.2) is 246 Å². The highest BCUT2D eigenvalue weighted by molar-refractivity contribution is 6.00. The second-order valence-electron chi connectivity index (χ2n) is 28.2. The van der Waals surface area contributed by atoms with Crippen molar-refractivity contribution in [2.45, 2.75) is 241 Å². The van der Waals surface area contributed by atoms with E-state index in [2.05, 4.69) is 26.6 Å². The minimum Gasteiger partial charge on any atom is -0.390 e. The summed E-state index contributed by atoms with van der Waals surface area (Å²) in [6.45, 7) is 29.4. The van der Waals surface area contributed by atoms with E-state index in [1.807, 2.05) is 55.4 Å². The molecule has 0 aromatic carbocycles. The number of aliphatic hydroxyl groups is 1. The van der Waals surface area contributed by atoms with Gasteiger partial charge in [0.05, 0.1) is 19.3 Å². The lowest BCUT2D eigenvalue weighted by Crippen LogP contribution is -2.70. The number of amides is 11. The first kappa shape index (κ1) is 81.9. The SMILES string of the molecule is C/C=C/C[C@@H](C)[C@@H](O)[C@H]1C(=O)N[C@@H](CC)C(=O)N(C)CC(=O)N(C)[C@@H](CC(C)C)C(=O)N[C@@H](C(C)C)C(=O)N(C)[C@@H](CC(C)C)C(=O)N[C@@H](C)C(=O)N[C@H](C)C(=O)N(C)[C@@H](CC(C)C)C(=O)N(C)[C@@H](CC(C)C)C(=O)N(C)[C@](OCCNC2CC2)(C(C)C)C(=O)N1C. The molecular weight excluding hydrogens is 1180 g/mol. The van der Waals surface area contributed by atoms with Crippen molar-refractivity contribution in [1.82, 2.24) is 60.9 Å². The Kier molecular flexibility index (Phi) is 33.0. The third kappa shape index (κ3) is 22.2. The largest absolute Gasteiger partial charge is 0.390 e. The van der Waals surface area contributed by atoms with Gasteiger partial charge in [0.1, 0.15) is 54.4 Å². The van der Waals surface area contributed by atoms with E-state index in [1.54, 1.807) is 60.6 Å². The van der Waals surface area contributed by atoms with Crippen LogP contribution in [0.4, 0.5) is 0 Å². The quantitative estimate of drug-likeness (QED) is 0.0753. The Bertz CT molecular complexity index is 2540. The maximum atomic E-state index is 16.0. The summed E-state index contributed by atoms with van der Waals surface area (Å²) in [5.41, 5.74) is -2.22. The predicted octanol–water partition coefficient (Wildman–Crippen LogP) is 3.37. The molecule has 1 aliphatic heterocycles. The summed E-state index contributed by atoms with van der Waals surface area (Å²) in [7, 11) is 9.85. The van der Waals surface area contributed by atoms with E-state index in [0.29, 0.717) is 0 Å². The van der Waals surface area contributed by atoms with Crippen molar-refractivity contribution < 1.29 is 62.6 Å². The Morgan fingerprint density at radius 2 is 1.03 bits per heavy atom. The summed E-state index contributed by atoms with van der Waals surface area (Å²) in [6, 6.07) is -11.2. The van der Waals surface area contributed by atoms with Gasteiger partial charge in [0.2, 0.25) is 64.8 Å². The van der Waals surface area contributed by atoms with Gasteiger partial charge in [-0.15, -0.1) is 0 Å². The van der Waals surface area contributed by atoms with Crippen molar-refractivity contribution in [3.05, 3.63) is 12.2 Å². The molecule has 0 radical (unpaired) electrons. The lowest BCUT2D eigenvalue weighted by molar-refractivity contribution is -0.208. The summed E-state index contributed by atoms with van der Waals surface area (Å²) in [4.78, 5) is 172. The van der Waals surface area contributed by atoms with Crippen LogP contribution in [0.3, 0.4) is 0 Å². The first-order valence-electron chi connectivity index (χ1n) is 33.4. The highest BCUT2D eigenvalue weighted by Crippen LogP contribution is 2.33. The molecule has 0 unspecified atom stereocenters. The molecular formula is C67H120N12O13. The van der Waals surface area contributed by atoms with Crippen LogP contribution < -0.4 is 26.6 Å². The summed E-state index contributed by atoms with van der Waals surface area (Å²) in [6.07, 6.45) is 4.67. The lowest BCUT2D eigenvalue weighted by Gasteiger charge is -2.48. The fraction of sp³-hybridized carbons (Fsp3) is 0.806. The second kappa shape index (κ2) is 37.0. The molecule has 0 aromatic rings. The van der Waals surface area contributed by atoms with Gasteiger partial charge in [-0.1, -0.05) is 109 Å². The fourth-order valence-corrected chi connectivity index (χ4v) is 11.7. The number of hydrogen-bond acceptors (Lipinski definition) is 14. The van der Waals surface area contributed by atoms with Gasteiger partial charge in [0.15, 0.2) is 0 Å². The fourth-order valence-electron chi connectivity index (χ4n) is 11.7. The van der Waals surface area contributed by atoms with Crippen molar-refractivity contribution in [2.24, 2.45) is 41.4 Å². The smallest absolute Gasteiger partial charge is 0.276 e. The number of nitrogens with zero attached hydrogens (tertiary/aromatic N) is 7. The molecule has 2 aliphatic rings. The summed E-state index contributed by atoms with van der Waals surface area (Å²) < 4.78 is 6.75. The lowest BCUT2D eigenvalue weighted by atomic mass is 9.89. The molecule has 11 amide bonds. The second-order valence-corrected chi connectivity index (χ2v) is 28.2. The summed E-state index contributed by atoms with van der Waals surface area (Å²) >= 11 is 0. The van der Waals surface area contributed by atoms with Crippen LogP contribution >= 0.6 is 0 Å². The van der Waals surface area contributed by atoms with E-state index < -0.39 is 155 Å². The van der Waals surface area contributed by atoms with E-state index in [4.69, 9.17) is 4.74 Å². The number of likely N-dealkylation sites (N-methyl/N-ethyl adjacent to an activating group) is 7.